The highest BCUT2D eigenvalue weighted by molar-refractivity contribution is 7.98. The first-order valence-electron chi connectivity index (χ1n) is 24.8. The fraction of sp³-hybridized carbons (Fsp3) is 0.500. The second-order valence-electron chi connectivity index (χ2n) is 18.9. The van der Waals surface area contributed by atoms with Gasteiger partial charge in [0, 0.05) is 44.1 Å². The number of hydrogen-bond donors (Lipinski definition) is 15. The van der Waals surface area contributed by atoms with Crippen molar-refractivity contribution in [2.45, 2.75) is 127 Å². The molecule has 1 aromatic heterocycles. The summed E-state index contributed by atoms with van der Waals surface area (Å²) in [7, 11) is 0. The Labute approximate surface area is 449 Å². The van der Waals surface area contributed by atoms with Crippen LogP contribution in [0.1, 0.15) is 76.6 Å². The highest BCUT2D eigenvalue weighted by Gasteiger charge is 2.36. The molecule has 0 bridgehead atoms. The third kappa shape index (κ3) is 22.4. The fourth-order valence-corrected chi connectivity index (χ4v) is 7.96. The number of carboxylic acid groups (broad SMARTS) is 2. The molecule has 0 saturated carbocycles. The molecule has 2 aromatic carbocycles. The van der Waals surface area contributed by atoms with Crippen LogP contribution in [0.5, 0.6) is 11.5 Å². The van der Waals surface area contributed by atoms with Gasteiger partial charge in [-0.05, 0) is 84.9 Å². The van der Waals surface area contributed by atoms with Gasteiger partial charge < -0.3 is 79.8 Å². The number of aromatic hydroxyl groups is 2. The average Bonchev–Trinajstić information content (AvgIpc) is 3.89. The highest BCUT2D eigenvalue weighted by atomic mass is 32.2. The van der Waals surface area contributed by atoms with Crippen LogP contribution in [0.25, 0.3) is 0 Å². The summed E-state index contributed by atoms with van der Waals surface area (Å²) in [6.45, 7) is 6.71. The summed E-state index contributed by atoms with van der Waals surface area (Å²) in [4.78, 5) is 133. The molecule has 0 spiro atoms. The first kappa shape index (κ1) is 63.4. The number of amides is 7. The number of guanidine groups is 1. The molecule has 1 heterocycles. The van der Waals surface area contributed by atoms with Gasteiger partial charge in [0.05, 0.1) is 12.4 Å². The third-order valence-corrected chi connectivity index (χ3v) is 12.6. The molecule has 7 amide bonds. The normalized spacial score (nSPS) is 14.2. The number of aromatic amines is 1. The van der Waals surface area contributed by atoms with Crippen LogP contribution >= 0.6 is 11.8 Å². The van der Waals surface area contributed by atoms with E-state index in [9.17, 15) is 63.6 Å². The number of nitrogens with zero attached hydrogens (tertiary/aromatic N) is 2. The molecule has 422 valence electrons. The Morgan fingerprint density at radius 2 is 1.05 bits per heavy atom. The first-order chi connectivity index (χ1) is 36.4. The standard InChI is InChI=1S/C50H73N13O13S/c1-26(2)40(51)47(73)61-36(21-28-8-12-31(64)13-9-28)44(70)57-33(16-17-39(66)67)42(68)58-34(18-20-77-5)43(69)60-37(22-29-10-14-32(65)15-11-29)46(72)63-41(27(3)4)48(74)62-38(23-30-24-54-25-56-30)45(71)59-35(49(75)76)7-6-19-55-50(52)53/h8-15,24-27,33-38,40-41,64-65H,6-7,16-23,51H2,1-5H3,(H,54,56)(H,57,70)(H,58,68)(H,59,71)(H,60,69)(H,61,73)(H,62,74)(H,63,72)(H,66,67)(H,75,76)(H4,52,53,55)/t33-,34-,35-,36-,37-,38-,40-,41-/m0/s1. The molecule has 0 radical (unpaired) electrons. The Bertz CT molecular complexity index is 2470. The van der Waals surface area contributed by atoms with Crippen LogP contribution in [0.4, 0.5) is 0 Å². The van der Waals surface area contributed by atoms with Crippen LogP contribution in [0, 0.1) is 11.8 Å². The molecule has 8 atom stereocenters. The van der Waals surface area contributed by atoms with Crippen molar-refractivity contribution >= 4 is 71.0 Å². The molecule has 77 heavy (non-hydrogen) atoms. The monoisotopic (exact) mass is 1100 g/mol. The van der Waals surface area contributed by atoms with Gasteiger partial charge in [-0.1, -0.05) is 52.0 Å². The van der Waals surface area contributed by atoms with Crippen LogP contribution in [0.2, 0.25) is 0 Å². The van der Waals surface area contributed by atoms with E-state index in [1.807, 2.05) is 0 Å². The van der Waals surface area contributed by atoms with Gasteiger partial charge in [-0.3, -0.25) is 43.3 Å². The Hall–Kier alpha value is -7.94. The molecular formula is C50H73N13O13S. The zero-order valence-electron chi connectivity index (χ0n) is 43.6. The summed E-state index contributed by atoms with van der Waals surface area (Å²) in [5.74, 6) is -9.75. The van der Waals surface area contributed by atoms with Gasteiger partial charge in [-0.25, -0.2) is 9.78 Å². The van der Waals surface area contributed by atoms with Crippen LogP contribution in [0.15, 0.2) is 66.0 Å². The van der Waals surface area contributed by atoms with E-state index in [4.69, 9.17) is 17.2 Å². The van der Waals surface area contributed by atoms with Gasteiger partial charge in [-0.15, -0.1) is 0 Å². The summed E-state index contributed by atoms with van der Waals surface area (Å²) < 4.78 is 0. The lowest BCUT2D eigenvalue weighted by Gasteiger charge is -2.29. The number of phenolic OH excluding ortho intramolecular Hbond substituents is 2. The number of nitrogens with one attached hydrogen (secondary N) is 8. The topological polar surface area (TPSA) is 438 Å². The predicted molar refractivity (Wildman–Crippen MR) is 284 cm³/mol. The molecule has 0 aliphatic rings. The lowest BCUT2D eigenvalue weighted by Crippen LogP contribution is -2.61. The van der Waals surface area contributed by atoms with Crippen molar-refractivity contribution in [3.63, 3.8) is 0 Å². The number of carbonyl (C=O) groups is 9. The van der Waals surface area contributed by atoms with E-state index < -0.39 is 120 Å². The number of hydrogen-bond acceptors (Lipinski definition) is 15. The van der Waals surface area contributed by atoms with Crippen molar-refractivity contribution in [3.05, 3.63) is 77.9 Å². The second kappa shape index (κ2) is 31.8. The molecule has 3 aromatic rings. The third-order valence-electron chi connectivity index (χ3n) is 12.0. The minimum Gasteiger partial charge on any atom is -0.508 e. The summed E-state index contributed by atoms with van der Waals surface area (Å²) in [6, 6.07) is 0.497. The van der Waals surface area contributed by atoms with Gasteiger partial charge in [0.25, 0.3) is 0 Å². The molecule has 27 heteroatoms. The SMILES string of the molecule is CSCC[C@H](NC(=O)[C@H](CCC(=O)O)NC(=O)[C@H](Cc1ccc(O)cc1)NC(=O)[C@@H](N)C(C)C)C(=O)N[C@@H](Cc1ccc(O)cc1)C(=O)N[C@H](C(=O)N[C@@H](Cc1cnc[nH]1)C(=O)N[C@@H](CCCN=C(N)N)C(=O)O)C(C)C. The lowest BCUT2D eigenvalue weighted by atomic mass is 9.99. The van der Waals surface area contributed by atoms with E-state index in [-0.39, 0.29) is 74.2 Å². The highest BCUT2D eigenvalue weighted by Crippen LogP contribution is 2.16. The van der Waals surface area contributed by atoms with Crippen LogP contribution in [-0.4, -0.2) is 157 Å². The van der Waals surface area contributed by atoms with Crippen molar-refractivity contribution in [3.8, 4) is 11.5 Å². The van der Waals surface area contributed by atoms with Gasteiger partial charge in [0.15, 0.2) is 5.96 Å². The predicted octanol–water partition coefficient (Wildman–Crippen LogP) is -1.36. The van der Waals surface area contributed by atoms with E-state index in [1.165, 1.54) is 72.8 Å². The van der Waals surface area contributed by atoms with E-state index >= 15 is 0 Å². The number of phenols is 2. The molecular weight excluding hydrogens is 1020 g/mol. The summed E-state index contributed by atoms with van der Waals surface area (Å²) in [6.07, 6.45) is 2.99. The number of aromatic nitrogens is 2. The van der Waals surface area contributed by atoms with Crippen LogP contribution in [0.3, 0.4) is 0 Å². The van der Waals surface area contributed by atoms with Crippen LogP contribution < -0.4 is 54.4 Å². The molecule has 3 rings (SSSR count). The van der Waals surface area contributed by atoms with Gasteiger partial charge in [0.2, 0.25) is 41.4 Å². The number of benzene rings is 2. The molecule has 0 saturated heterocycles. The van der Waals surface area contributed by atoms with Gasteiger partial charge in [-0.2, -0.15) is 11.8 Å². The fourth-order valence-electron chi connectivity index (χ4n) is 7.49. The minimum atomic E-state index is -1.58. The molecule has 26 nitrogen and oxygen atoms in total. The van der Waals surface area contributed by atoms with E-state index in [2.05, 4.69) is 52.2 Å². The summed E-state index contributed by atoms with van der Waals surface area (Å²) in [5, 5.41) is 57.5. The Kier molecular flexibility index (Phi) is 26.2. The van der Waals surface area contributed by atoms with Gasteiger partial charge in [0.1, 0.15) is 53.8 Å². The maximum atomic E-state index is 14.5. The van der Waals surface area contributed by atoms with E-state index in [1.54, 1.807) is 34.0 Å². The van der Waals surface area contributed by atoms with E-state index in [0.29, 0.717) is 16.8 Å². The summed E-state index contributed by atoms with van der Waals surface area (Å²) in [5.41, 5.74) is 18.2. The quantitative estimate of drug-likeness (QED) is 0.0190. The number of aliphatic imine (C=N–C) groups is 1. The zero-order chi connectivity index (χ0) is 57.4. The molecule has 0 aliphatic heterocycles. The summed E-state index contributed by atoms with van der Waals surface area (Å²) >= 11 is 1.32. The Balaban J connectivity index is 1.94. The molecule has 18 N–H and O–H groups in total. The number of imidazole rings is 1. The first-order valence-corrected chi connectivity index (χ1v) is 26.2. The van der Waals surface area contributed by atoms with Crippen molar-refractivity contribution in [1.29, 1.82) is 0 Å². The average molecular weight is 1100 g/mol. The largest absolute Gasteiger partial charge is 0.508 e. The number of nitrogens with two attached hydrogens (primary N) is 3. The Morgan fingerprint density at radius 1 is 0.597 bits per heavy atom. The van der Waals surface area contributed by atoms with Gasteiger partial charge >= 0.3 is 11.9 Å². The van der Waals surface area contributed by atoms with Crippen molar-refractivity contribution < 1.29 is 63.6 Å². The number of aliphatic carboxylic acids is 2. The molecule has 0 aliphatic carbocycles. The Morgan fingerprint density at radius 3 is 1.51 bits per heavy atom. The number of carboxylic acids is 2. The maximum absolute atomic E-state index is 14.5. The molecule has 0 fully saturated rings. The lowest BCUT2D eigenvalue weighted by molar-refractivity contribution is -0.142. The number of rotatable bonds is 33. The van der Waals surface area contributed by atoms with E-state index in [0.717, 1.165) is 0 Å². The van der Waals surface area contributed by atoms with Crippen LogP contribution in [-0.2, 0) is 62.4 Å². The van der Waals surface area contributed by atoms with Crippen molar-refractivity contribution in [2.24, 2.45) is 34.0 Å². The zero-order valence-corrected chi connectivity index (χ0v) is 44.4. The number of H-pyrrole nitrogens is 1. The minimum absolute atomic E-state index is 0.0334. The van der Waals surface area contributed by atoms with Crippen molar-refractivity contribution in [2.75, 3.05) is 18.6 Å². The smallest absolute Gasteiger partial charge is 0.326 e. The number of carbonyl (C=O) groups excluding carboxylic acids is 7. The molecule has 0 unspecified atom stereocenters. The maximum Gasteiger partial charge on any atom is 0.326 e. The van der Waals surface area contributed by atoms with Crippen molar-refractivity contribution in [1.82, 2.24) is 47.2 Å². The second-order valence-corrected chi connectivity index (χ2v) is 19.9. The number of thioether (sulfide) groups is 1.